The van der Waals surface area contributed by atoms with Crippen LogP contribution < -0.4 is 0 Å². The molecule has 1 aliphatic rings. The monoisotopic (exact) mass is 297 g/mol. The lowest BCUT2D eigenvalue weighted by Crippen LogP contribution is -2.29. The number of pyridine rings is 1. The summed E-state index contributed by atoms with van der Waals surface area (Å²) in [7, 11) is 0. The zero-order valence-corrected chi connectivity index (χ0v) is 14.0. The molecule has 0 bridgehead atoms. The van der Waals surface area contributed by atoms with Crippen molar-refractivity contribution in [2.24, 2.45) is 5.41 Å². The SMILES string of the molecule is CC1(C)CC(=O)c2c(C(C)(C)C)nn(-c3ccccn3)c2C1. The Balaban J connectivity index is 2.27. The van der Waals surface area contributed by atoms with Crippen LogP contribution in [0.4, 0.5) is 0 Å². The van der Waals surface area contributed by atoms with Crippen LogP contribution in [-0.2, 0) is 11.8 Å². The molecule has 4 nitrogen and oxygen atoms in total. The van der Waals surface area contributed by atoms with E-state index in [9.17, 15) is 4.79 Å². The predicted molar refractivity (Wildman–Crippen MR) is 86.5 cm³/mol. The molecule has 0 saturated carbocycles. The number of rotatable bonds is 1. The smallest absolute Gasteiger partial charge is 0.167 e. The lowest BCUT2D eigenvalue weighted by molar-refractivity contribution is 0.0908. The summed E-state index contributed by atoms with van der Waals surface area (Å²) in [5.74, 6) is 0.984. The maximum absolute atomic E-state index is 12.7. The Bertz CT molecular complexity index is 721. The van der Waals surface area contributed by atoms with E-state index in [2.05, 4.69) is 39.6 Å². The molecule has 0 amide bonds. The van der Waals surface area contributed by atoms with E-state index in [1.54, 1.807) is 6.20 Å². The van der Waals surface area contributed by atoms with Crippen LogP contribution in [0.15, 0.2) is 24.4 Å². The van der Waals surface area contributed by atoms with Crippen LogP contribution in [0.2, 0.25) is 0 Å². The fourth-order valence-electron chi connectivity index (χ4n) is 3.14. The molecule has 0 radical (unpaired) electrons. The van der Waals surface area contributed by atoms with Crippen molar-refractivity contribution in [1.29, 1.82) is 0 Å². The van der Waals surface area contributed by atoms with E-state index in [0.717, 1.165) is 29.2 Å². The van der Waals surface area contributed by atoms with Gasteiger partial charge in [-0.25, -0.2) is 9.67 Å². The maximum atomic E-state index is 12.7. The summed E-state index contributed by atoms with van der Waals surface area (Å²) >= 11 is 0. The highest BCUT2D eigenvalue weighted by molar-refractivity contribution is 6.00. The van der Waals surface area contributed by atoms with Gasteiger partial charge in [0.15, 0.2) is 11.6 Å². The molecule has 2 heterocycles. The number of Topliss-reactive ketones (excluding diaryl/α,β-unsaturated/α-hetero) is 1. The van der Waals surface area contributed by atoms with Crippen LogP contribution in [0, 0.1) is 5.41 Å². The Morgan fingerprint density at radius 2 is 1.91 bits per heavy atom. The van der Waals surface area contributed by atoms with Crippen LogP contribution in [-0.4, -0.2) is 20.5 Å². The summed E-state index contributed by atoms with van der Waals surface area (Å²) in [5.41, 5.74) is 2.50. The van der Waals surface area contributed by atoms with Crippen LogP contribution in [0.25, 0.3) is 5.82 Å². The summed E-state index contributed by atoms with van der Waals surface area (Å²) in [4.78, 5) is 17.2. The molecular formula is C18H23N3O. The van der Waals surface area contributed by atoms with Gasteiger partial charge in [-0.2, -0.15) is 5.10 Å². The Labute approximate surface area is 131 Å². The molecule has 1 aliphatic carbocycles. The lowest BCUT2D eigenvalue weighted by Gasteiger charge is -2.30. The Hall–Kier alpha value is -1.97. The van der Waals surface area contributed by atoms with Crippen molar-refractivity contribution >= 4 is 5.78 Å². The molecule has 2 aromatic rings. The number of hydrogen-bond acceptors (Lipinski definition) is 3. The van der Waals surface area contributed by atoms with Crippen molar-refractivity contribution in [2.45, 2.75) is 52.9 Å². The third-order valence-corrected chi connectivity index (χ3v) is 4.12. The zero-order chi connectivity index (χ0) is 16.1. The number of ketones is 1. The molecule has 0 fully saturated rings. The number of nitrogens with zero attached hydrogens (tertiary/aromatic N) is 3. The molecule has 116 valence electrons. The topological polar surface area (TPSA) is 47.8 Å². The van der Waals surface area contributed by atoms with Crippen molar-refractivity contribution in [3.63, 3.8) is 0 Å². The maximum Gasteiger partial charge on any atom is 0.167 e. The minimum Gasteiger partial charge on any atom is -0.294 e. The number of hydrogen-bond donors (Lipinski definition) is 0. The van der Waals surface area contributed by atoms with Gasteiger partial charge in [0.25, 0.3) is 0 Å². The van der Waals surface area contributed by atoms with E-state index in [1.807, 2.05) is 22.9 Å². The van der Waals surface area contributed by atoms with E-state index in [-0.39, 0.29) is 16.6 Å². The molecule has 4 heteroatoms. The van der Waals surface area contributed by atoms with Crippen molar-refractivity contribution in [1.82, 2.24) is 14.8 Å². The molecule has 0 atom stereocenters. The highest BCUT2D eigenvalue weighted by Crippen LogP contribution is 2.39. The fourth-order valence-corrected chi connectivity index (χ4v) is 3.14. The van der Waals surface area contributed by atoms with Crippen molar-refractivity contribution in [3.8, 4) is 5.82 Å². The zero-order valence-electron chi connectivity index (χ0n) is 14.0. The summed E-state index contributed by atoms with van der Waals surface area (Å²) in [5, 5.41) is 4.78. The minimum absolute atomic E-state index is 0.0359. The third-order valence-electron chi connectivity index (χ3n) is 4.12. The first-order valence-electron chi connectivity index (χ1n) is 7.76. The first-order valence-corrected chi connectivity index (χ1v) is 7.76. The standard InChI is InChI=1S/C18H23N3O/c1-17(2,3)16-15-12(10-18(4,5)11-13(15)22)21(20-16)14-8-6-7-9-19-14/h6-9H,10-11H2,1-5H3. The van der Waals surface area contributed by atoms with Gasteiger partial charge in [0.2, 0.25) is 0 Å². The summed E-state index contributed by atoms with van der Waals surface area (Å²) in [6.07, 6.45) is 3.18. The largest absolute Gasteiger partial charge is 0.294 e. The predicted octanol–water partition coefficient (Wildman–Crippen LogP) is 3.72. The molecule has 0 saturated heterocycles. The molecule has 0 aliphatic heterocycles. The van der Waals surface area contributed by atoms with Crippen molar-refractivity contribution in [2.75, 3.05) is 0 Å². The normalized spacial score (nSPS) is 17.4. The average molecular weight is 297 g/mol. The van der Waals surface area contributed by atoms with E-state index in [1.165, 1.54) is 0 Å². The van der Waals surface area contributed by atoms with E-state index in [0.29, 0.717) is 6.42 Å². The van der Waals surface area contributed by atoms with Gasteiger partial charge in [-0.15, -0.1) is 0 Å². The molecule has 0 spiro atoms. The first-order chi connectivity index (χ1) is 10.2. The van der Waals surface area contributed by atoms with Crippen molar-refractivity contribution in [3.05, 3.63) is 41.3 Å². The second kappa shape index (κ2) is 4.77. The van der Waals surface area contributed by atoms with Gasteiger partial charge >= 0.3 is 0 Å². The highest BCUT2D eigenvalue weighted by Gasteiger charge is 2.39. The minimum atomic E-state index is -0.165. The Kier molecular flexibility index (Phi) is 3.24. The summed E-state index contributed by atoms with van der Waals surface area (Å²) in [6, 6.07) is 5.77. The highest BCUT2D eigenvalue weighted by atomic mass is 16.1. The molecule has 0 unspecified atom stereocenters. The number of carbonyl (C=O) groups excluding carboxylic acids is 1. The molecule has 0 aromatic carbocycles. The van der Waals surface area contributed by atoms with Crippen LogP contribution in [0.3, 0.4) is 0 Å². The Morgan fingerprint density at radius 1 is 1.18 bits per heavy atom. The summed E-state index contributed by atoms with van der Waals surface area (Å²) in [6.45, 7) is 10.6. The van der Waals surface area contributed by atoms with Gasteiger partial charge in [-0.1, -0.05) is 40.7 Å². The van der Waals surface area contributed by atoms with Gasteiger partial charge < -0.3 is 0 Å². The molecular weight excluding hydrogens is 274 g/mol. The molecule has 2 aromatic heterocycles. The number of aromatic nitrogens is 3. The molecule has 22 heavy (non-hydrogen) atoms. The van der Waals surface area contributed by atoms with Gasteiger partial charge in [0.1, 0.15) is 0 Å². The average Bonchev–Trinajstić information content (AvgIpc) is 2.77. The molecule has 3 rings (SSSR count). The van der Waals surface area contributed by atoms with Crippen LogP contribution in [0.1, 0.15) is 62.8 Å². The second-order valence-corrected chi connectivity index (χ2v) is 7.96. The number of carbonyl (C=O) groups is 1. The third kappa shape index (κ3) is 2.47. The lowest BCUT2D eigenvalue weighted by atomic mass is 9.73. The van der Waals surface area contributed by atoms with Crippen molar-refractivity contribution < 1.29 is 4.79 Å². The fraction of sp³-hybridized carbons (Fsp3) is 0.500. The first kappa shape index (κ1) is 14.9. The van der Waals surface area contributed by atoms with E-state index in [4.69, 9.17) is 5.10 Å². The second-order valence-electron chi connectivity index (χ2n) is 7.96. The van der Waals surface area contributed by atoms with Crippen LogP contribution >= 0.6 is 0 Å². The van der Waals surface area contributed by atoms with E-state index >= 15 is 0 Å². The van der Waals surface area contributed by atoms with Gasteiger partial charge in [0.05, 0.1) is 17.0 Å². The van der Waals surface area contributed by atoms with Gasteiger partial charge in [0, 0.05) is 18.0 Å². The molecule has 0 N–H and O–H groups in total. The number of fused-ring (bicyclic) bond motifs is 1. The quantitative estimate of drug-likeness (QED) is 0.806. The Morgan fingerprint density at radius 3 is 2.50 bits per heavy atom. The summed E-state index contributed by atoms with van der Waals surface area (Å²) < 4.78 is 1.87. The van der Waals surface area contributed by atoms with Crippen LogP contribution in [0.5, 0.6) is 0 Å². The van der Waals surface area contributed by atoms with E-state index < -0.39 is 0 Å². The van der Waals surface area contributed by atoms with Gasteiger partial charge in [-0.05, 0) is 24.0 Å². The van der Waals surface area contributed by atoms with Gasteiger partial charge in [-0.3, -0.25) is 4.79 Å².